The van der Waals surface area contributed by atoms with E-state index in [0.29, 0.717) is 0 Å². The molecule has 6 N–H and O–H groups in total. The number of hydrogen-bond donors (Lipinski definition) is 6. The molecular weight excluding hydrogens is 268 g/mol. The van der Waals surface area contributed by atoms with Gasteiger partial charge in [-0.1, -0.05) is 0 Å². The van der Waals surface area contributed by atoms with Crippen molar-refractivity contribution >= 4 is 11.9 Å². The minimum absolute atomic E-state index is 0.946. The Hall–Kier alpha value is -1.30. The highest BCUT2D eigenvalue weighted by Gasteiger charge is 2.48. The average Bonchev–Trinajstić information content (AvgIpc) is 2.34. The zero-order valence-electron chi connectivity index (χ0n) is 9.49. The lowest BCUT2D eigenvalue weighted by Gasteiger charge is -2.39. The molecule has 19 heavy (non-hydrogen) atoms. The van der Waals surface area contributed by atoms with Crippen LogP contribution in [-0.2, 0) is 19.1 Å². The van der Waals surface area contributed by atoms with Crippen molar-refractivity contribution in [2.45, 2.75) is 36.8 Å². The molecule has 1 saturated heterocycles. The van der Waals surface area contributed by atoms with Crippen molar-refractivity contribution in [2.24, 2.45) is 0 Å². The maximum absolute atomic E-state index is 10.8. The van der Waals surface area contributed by atoms with Crippen molar-refractivity contribution in [1.82, 2.24) is 0 Å². The van der Waals surface area contributed by atoms with Crippen molar-refractivity contribution in [3.8, 4) is 0 Å². The first-order chi connectivity index (χ1) is 8.79. The number of hydrogen-bond acceptors (Lipinski definition) is 8. The Bertz CT molecular complexity index is 342. The van der Waals surface area contributed by atoms with Gasteiger partial charge in [0.2, 0.25) is 0 Å². The Morgan fingerprint density at radius 1 is 1.11 bits per heavy atom. The van der Waals surface area contributed by atoms with Crippen LogP contribution in [0.15, 0.2) is 0 Å². The van der Waals surface area contributed by atoms with Gasteiger partial charge in [-0.25, -0.2) is 9.59 Å². The molecule has 1 aliphatic rings. The minimum atomic E-state index is -1.90. The topological polar surface area (TPSA) is 174 Å². The SMILES string of the molecule is O=C(O)C(CO)O[C@@H]1OC(C(=O)O)[C@@H](O)C(O)[C@@H]1O. The highest BCUT2D eigenvalue weighted by molar-refractivity contribution is 5.73. The van der Waals surface area contributed by atoms with E-state index in [9.17, 15) is 24.9 Å². The van der Waals surface area contributed by atoms with E-state index >= 15 is 0 Å². The van der Waals surface area contributed by atoms with Gasteiger partial charge < -0.3 is 40.1 Å². The lowest BCUT2D eigenvalue weighted by atomic mass is 9.99. The molecule has 0 aromatic heterocycles. The second-order valence-electron chi connectivity index (χ2n) is 3.88. The van der Waals surface area contributed by atoms with Gasteiger partial charge in [-0.3, -0.25) is 0 Å². The number of carboxylic acid groups (broad SMARTS) is 2. The molecule has 3 unspecified atom stereocenters. The van der Waals surface area contributed by atoms with E-state index < -0.39 is 55.4 Å². The number of ether oxygens (including phenoxy) is 2. The number of rotatable bonds is 5. The van der Waals surface area contributed by atoms with Gasteiger partial charge in [-0.05, 0) is 0 Å². The monoisotopic (exact) mass is 282 g/mol. The van der Waals surface area contributed by atoms with E-state index in [1.54, 1.807) is 0 Å². The smallest absolute Gasteiger partial charge is 0.335 e. The Kier molecular flexibility index (Phi) is 5.17. The van der Waals surface area contributed by atoms with Crippen molar-refractivity contribution < 1.29 is 49.7 Å². The first kappa shape index (κ1) is 15.8. The highest BCUT2D eigenvalue weighted by atomic mass is 16.7. The molecule has 0 radical (unpaired) electrons. The molecule has 1 aliphatic heterocycles. The standard InChI is InChI=1S/C9H14O10/c10-1-2(7(14)15)18-9-5(13)3(11)4(12)6(19-9)8(16)17/h2-6,9-13H,1H2,(H,14,15)(H,16,17)/t2?,3?,4-,5-,6?,9+/m0/s1. The summed E-state index contributed by atoms with van der Waals surface area (Å²) < 4.78 is 9.33. The maximum atomic E-state index is 10.8. The molecule has 10 nitrogen and oxygen atoms in total. The molecule has 0 aromatic carbocycles. The quantitative estimate of drug-likeness (QED) is 0.295. The van der Waals surface area contributed by atoms with Crippen LogP contribution in [0.3, 0.4) is 0 Å². The zero-order valence-corrected chi connectivity index (χ0v) is 9.49. The summed E-state index contributed by atoms with van der Waals surface area (Å²) in [5.74, 6) is -3.19. The third-order valence-electron chi connectivity index (χ3n) is 2.55. The van der Waals surface area contributed by atoms with Crippen LogP contribution in [0.4, 0.5) is 0 Å². The molecule has 1 heterocycles. The van der Waals surface area contributed by atoms with Crippen molar-refractivity contribution in [3.63, 3.8) is 0 Å². The Morgan fingerprint density at radius 2 is 1.68 bits per heavy atom. The van der Waals surface area contributed by atoms with Crippen molar-refractivity contribution in [2.75, 3.05) is 6.61 Å². The van der Waals surface area contributed by atoms with E-state index in [2.05, 4.69) is 9.47 Å². The largest absolute Gasteiger partial charge is 0.479 e. The predicted octanol–water partition coefficient (Wildman–Crippen LogP) is -3.66. The predicted molar refractivity (Wildman–Crippen MR) is 53.9 cm³/mol. The molecule has 1 fully saturated rings. The average molecular weight is 282 g/mol. The third kappa shape index (κ3) is 3.37. The van der Waals surface area contributed by atoms with Gasteiger partial charge in [0, 0.05) is 0 Å². The van der Waals surface area contributed by atoms with Crippen LogP contribution >= 0.6 is 0 Å². The van der Waals surface area contributed by atoms with Gasteiger partial charge in [-0.15, -0.1) is 0 Å². The van der Waals surface area contributed by atoms with E-state index in [1.165, 1.54) is 0 Å². The molecular formula is C9H14O10. The second-order valence-corrected chi connectivity index (χ2v) is 3.88. The Labute approximate surface area is 106 Å². The van der Waals surface area contributed by atoms with Gasteiger partial charge in [0.05, 0.1) is 6.61 Å². The summed E-state index contributed by atoms with van der Waals surface area (Å²) in [4.78, 5) is 21.4. The van der Waals surface area contributed by atoms with E-state index in [4.69, 9.17) is 15.3 Å². The first-order valence-corrected chi connectivity index (χ1v) is 5.21. The maximum Gasteiger partial charge on any atom is 0.335 e. The third-order valence-corrected chi connectivity index (χ3v) is 2.55. The van der Waals surface area contributed by atoms with E-state index in [0.717, 1.165) is 0 Å². The fraction of sp³-hybridized carbons (Fsp3) is 0.778. The summed E-state index contributed by atoms with van der Waals surface area (Å²) in [5.41, 5.74) is 0. The van der Waals surface area contributed by atoms with Crippen molar-refractivity contribution in [1.29, 1.82) is 0 Å². The van der Waals surface area contributed by atoms with Crippen LogP contribution < -0.4 is 0 Å². The molecule has 110 valence electrons. The summed E-state index contributed by atoms with van der Waals surface area (Å²) >= 11 is 0. The molecule has 0 bridgehead atoms. The zero-order chi connectivity index (χ0) is 14.7. The molecule has 0 aliphatic carbocycles. The molecule has 0 spiro atoms. The van der Waals surface area contributed by atoms with Gasteiger partial charge >= 0.3 is 11.9 Å². The van der Waals surface area contributed by atoms with Gasteiger partial charge in [0.15, 0.2) is 18.5 Å². The van der Waals surface area contributed by atoms with Crippen LogP contribution in [0.1, 0.15) is 0 Å². The Morgan fingerprint density at radius 3 is 2.11 bits per heavy atom. The number of aliphatic hydroxyl groups is 4. The summed E-state index contributed by atoms with van der Waals surface area (Å²) in [6, 6.07) is 0. The first-order valence-electron chi connectivity index (χ1n) is 5.21. The van der Waals surface area contributed by atoms with Crippen LogP contribution in [0.5, 0.6) is 0 Å². The molecule has 0 amide bonds. The van der Waals surface area contributed by atoms with Crippen LogP contribution in [0, 0.1) is 0 Å². The van der Waals surface area contributed by atoms with Gasteiger partial charge in [0.1, 0.15) is 18.3 Å². The van der Waals surface area contributed by atoms with Crippen LogP contribution in [0.2, 0.25) is 0 Å². The molecule has 0 saturated carbocycles. The highest BCUT2D eigenvalue weighted by Crippen LogP contribution is 2.23. The summed E-state index contributed by atoms with van der Waals surface area (Å²) in [7, 11) is 0. The summed E-state index contributed by atoms with van der Waals surface area (Å²) in [6.45, 7) is -0.946. The number of aliphatic hydroxyl groups excluding tert-OH is 4. The summed E-state index contributed by atoms with van der Waals surface area (Å²) in [5, 5.41) is 54.4. The fourth-order valence-corrected chi connectivity index (χ4v) is 1.51. The molecule has 6 atom stereocenters. The van der Waals surface area contributed by atoms with Crippen LogP contribution in [0.25, 0.3) is 0 Å². The van der Waals surface area contributed by atoms with Crippen LogP contribution in [-0.4, -0.2) is 86.0 Å². The second kappa shape index (κ2) is 6.23. The summed E-state index contributed by atoms with van der Waals surface area (Å²) in [6.07, 6.45) is -11.1. The Balaban J connectivity index is 2.82. The minimum Gasteiger partial charge on any atom is -0.479 e. The van der Waals surface area contributed by atoms with Gasteiger partial charge in [-0.2, -0.15) is 0 Å². The van der Waals surface area contributed by atoms with Crippen molar-refractivity contribution in [3.05, 3.63) is 0 Å². The normalized spacial score (nSPS) is 36.7. The van der Waals surface area contributed by atoms with E-state index in [-0.39, 0.29) is 0 Å². The molecule has 0 aromatic rings. The lowest BCUT2D eigenvalue weighted by molar-refractivity contribution is -0.304. The molecule has 10 heteroatoms. The number of carboxylic acids is 2. The van der Waals surface area contributed by atoms with Gasteiger partial charge in [0.25, 0.3) is 0 Å². The molecule has 1 rings (SSSR count). The number of carbonyl (C=O) groups is 2. The number of aliphatic carboxylic acids is 2. The fourth-order valence-electron chi connectivity index (χ4n) is 1.51. The van der Waals surface area contributed by atoms with E-state index in [1.807, 2.05) is 0 Å². The lowest BCUT2D eigenvalue weighted by Crippen LogP contribution is -2.61.